The van der Waals surface area contributed by atoms with Gasteiger partial charge < -0.3 is 10.3 Å². The molecule has 0 atom stereocenters. The number of aryl methyl sites for hydroxylation is 1. The molecule has 0 amide bonds. The number of nitrogens with zero attached hydrogens (tertiary/aromatic N) is 6. The molecule has 7 rings (SSSR count). The molecular formula is C32H31N7. The molecule has 0 saturated carbocycles. The molecule has 194 valence electrons. The summed E-state index contributed by atoms with van der Waals surface area (Å²) in [6.07, 6.45) is 8.27. The molecule has 7 heteroatoms. The number of aliphatic imine (C=N–C) groups is 1. The molecule has 0 spiro atoms. The molecule has 5 aromatic rings. The van der Waals surface area contributed by atoms with Crippen molar-refractivity contribution in [1.82, 2.24) is 24.4 Å². The van der Waals surface area contributed by atoms with Crippen molar-refractivity contribution in [3.05, 3.63) is 90.4 Å². The van der Waals surface area contributed by atoms with Crippen LogP contribution in [0.5, 0.6) is 0 Å². The van der Waals surface area contributed by atoms with Gasteiger partial charge in [0.15, 0.2) is 5.82 Å². The number of benzene rings is 3. The molecule has 0 bridgehead atoms. The maximum absolute atomic E-state index is 6.05. The maximum atomic E-state index is 6.05. The van der Waals surface area contributed by atoms with Crippen molar-refractivity contribution in [3.63, 3.8) is 0 Å². The predicted octanol–water partition coefficient (Wildman–Crippen LogP) is 6.23. The Labute approximate surface area is 228 Å². The molecule has 0 unspecified atom stereocenters. The largest absolute Gasteiger partial charge is 0.399 e. The number of imidazole rings is 1. The first kappa shape index (κ1) is 23.7. The molecule has 2 aliphatic rings. The Morgan fingerprint density at radius 3 is 2.36 bits per heavy atom. The van der Waals surface area contributed by atoms with Crippen molar-refractivity contribution in [1.29, 1.82) is 0 Å². The minimum absolute atomic E-state index is 0.479. The summed E-state index contributed by atoms with van der Waals surface area (Å²) in [4.78, 5) is 21.8. The van der Waals surface area contributed by atoms with Gasteiger partial charge >= 0.3 is 0 Å². The third-order valence-electron chi connectivity index (χ3n) is 7.88. The summed E-state index contributed by atoms with van der Waals surface area (Å²) in [5, 5.41) is 0. The van der Waals surface area contributed by atoms with Gasteiger partial charge in [0.05, 0.1) is 34.4 Å². The molecule has 4 heterocycles. The molecule has 39 heavy (non-hydrogen) atoms. The van der Waals surface area contributed by atoms with E-state index in [-0.39, 0.29) is 0 Å². The zero-order valence-corrected chi connectivity index (χ0v) is 21.9. The van der Waals surface area contributed by atoms with Crippen LogP contribution in [-0.2, 0) is 13.0 Å². The van der Waals surface area contributed by atoms with E-state index in [0.717, 1.165) is 90.4 Å². The molecule has 0 radical (unpaired) electrons. The summed E-state index contributed by atoms with van der Waals surface area (Å²) < 4.78 is 2.31. The fraction of sp³-hybridized carbons (Fsp3) is 0.250. The second kappa shape index (κ2) is 10.1. The standard InChI is InChI=1S/C32H31N7/c33-25-12-13-27-29(19-25)37-31(30(36-27)23-5-2-1-3-6-23)24-10-8-22(9-11-24)20-38-17-14-26(15-18-38)39-21-35-28-7-4-16-34-32(28)39/h1-3,5-6,8-13,16,19,21,26H,4,7,14-15,17-18,20,33H2. The maximum Gasteiger partial charge on any atom is 0.155 e. The van der Waals surface area contributed by atoms with Crippen LogP contribution < -0.4 is 5.73 Å². The molecule has 2 aromatic heterocycles. The van der Waals surface area contributed by atoms with Crippen molar-refractivity contribution in [2.24, 2.45) is 4.99 Å². The van der Waals surface area contributed by atoms with Crippen molar-refractivity contribution < 1.29 is 0 Å². The minimum Gasteiger partial charge on any atom is -0.399 e. The quantitative estimate of drug-likeness (QED) is 0.282. The molecule has 2 aliphatic heterocycles. The Kier molecular flexibility index (Phi) is 6.13. The summed E-state index contributed by atoms with van der Waals surface area (Å²) in [6, 6.07) is 25.2. The van der Waals surface area contributed by atoms with Gasteiger partial charge in [0.25, 0.3) is 0 Å². The molecule has 1 saturated heterocycles. The van der Waals surface area contributed by atoms with Crippen molar-refractivity contribution in [2.75, 3.05) is 18.8 Å². The lowest BCUT2D eigenvalue weighted by Crippen LogP contribution is -2.34. The molecule has 7 nitrogen and oxygen atoms in total. The highest BCUT2D eigenvalue weighted by Crippen LogP contribution is 2.33. The summed E-state index contributed by atoms with van der Waals surface area (Å²) in [7, 11) is 0. The Morgan fingerprint density at radius 2 is 1.56 bits per heavy atom. The Balaban J connectivity index is 1.09. The van der Waals surface area contributed by atoms with E-state index in [0.29, 0.717) is 11.7 Å². The van der Waals surface area contributed by atoms with E-state index in [4.69, 9.17) is 15.7 Å². The highest BCUT2D eigenvalue weighted by molar-refractivity contribution is 5.87. The van der Waals surface area contributed by atoms with E-state index in [2.05, 4.69) is 55.8 Å². The van der Waals surface area contributed by atoms with E-state index in [9.17, 15) is 0 Å². The lowest BCUT2D eigenvalue weighted by Gasteiger charge is -2.33. The van der Waals surface area contributed by atoms with Crippen LogP contribution >= 0.6 is 0 Å². The highest BCUT2D eigenvalue weighted by atomic mass is 15.2. The first-order valence-corrected chi connectivity index (χ1v) is 13.7. The number of likely N-dealkylation sites (tertiary alicyclic amines) is 1. The fourth-order valence-electron chi connectivity index (χ4n) is 5.78. The molecule has 0 aliphatic carbocycles. The van der Waals surface area contributed by atoms with E-state index < -0.39 is 0 Å². The third-order valence-corrected chi connectivity index (χ3v) is 7.88. The zero-order valence-electron chi connectivity index (χ0n) is 21.9. The lowest BCUT2D eigenvalue weighted by molar-refractivity contribution is 0.180. The van der Waals surface area contributed by atoms with Crippen LogP contribution in [0.2, 0.25) is 0 Å². The van der Waals surface area contributed by atoms with E-state index in [1.54, 1.807) is 0 Å². The fourth-order valence-corrected chi connectivity index (χ4v) is 5.78. The normalized spacial score (nSPS) is 16.0. The van der Waals surface area contributed by atoms with Crippen LogP contribution in [-0.4, -0.2) is 43.7 Å². The van der Waals surface area contributed by atoms with Crippen LogP contribution in [0.4, 0.5) is 11.5 Å². The minimum atomic E-state index is 0.479. The van der Waals surface area contributed by atoms with Gasteiger partial charge in [-0.05, 0) is 49.4 Å². The third kappa shape index (κ3) is 4.70. The Morgan fingerprint density at radius 1 is 0.821 bits per heavy atom. The van der Waals surface area contributed by atoms with Crippen molar-refractivity contribution in [3.8, 4) is 22.5 Å². The number of fused-ring (bicyclic) bond motifs is 2. The predicted molar refractivity (Wildman–Crippen MR) is 157 cm³/mol. The Bertz CT molecular complexity index is 1650. The first-order valence-electron chi connectivity index (χ1n) is 13.7. The second-order valence-corrected chi connectivity index (χ2v) is 10.5. The number of hydrogen-bond acceptors (Lipinski definition) is 6. The summed E-state index contributed by atoms with van der Waals surface area (Å²) in [5.74, 6) is 1.07. The lowest BCUT2D eigenvalue weighted by atomic mass is 10.0. The second-order valence-electron chi connectivity index (χ2n) is 10.5. The molecular weight excluding hydrogens is 482 g/mol. The topological polar surface area (TPSA) is 85.2 Å². The number of nitrogens with two attached hydrogens (primary N) is 1. The number of piperidine rings is 1. The SMILES string of the molecule is Nc1ccc2nc(-c3ccccc3)c(-c3ccc(CN4CCC(n5cnc6c5N=CCC6)CC4)cc3)nc2c1. The van der Waals surface area contributed by atoms with Gasteiger partial charge in [0, 0.05) is 48.7 Å². The zero-order chi connectivity index (χ0) is 26.2. The van der Waals surface area contributed by atoms with Gasteiger partial charge in [-0.3, -0.25) is 4.90 Å². The number of nitrogen functional groups attached to an aromatic ring is 1. The van der Waals surface area contributed by atoms with E-state index in [1.165, 1.54) is 5.56 Å². The average molecular weight is 514 g/mol. The first-order chi connectivity index (χ1) is 19.2. The summed E-state index contributed by atoms with van der Waals surface area (Å²) >= 11 is 0. The average Bonchev–Trinajstić information content (AvgIpc) is 3.42. The number of rotatable bonds is 5. The van der Waals surface area contributed by atoms with Crippen LogP contribution in [0, 0.1) is 0 Å². The summed E-state index contributed by atoms with van der Waals surface area (Å²) in [5.41, 5.74) is 14.7. The van der Waals surface area contributed by atoms with E-state index >= 15 is 0 Å². The van der Waals surface area contributed by atoms with Gasteiger partial charge in [-0.1, -0.05) is 54.6 Å². The van der Waals surface area contributed by atoms with E-state index in [1.807, 2.05) is 48.9 Å². The van der Waals surface area contributed by atoms with Crippen LogP contribution in [0.25, 0.3) is 33.5 Å². The van der Waals surface area contributed by atoms with Crippen molar-refractivity contribution >= 4 is 28.8 Å². The number of aromatic nitrogens is 4. The highest BCUT2D eigenvalue weighted by Gasteiger charge is 2.24. The van der Waals surface area contributed by atoms with Gasteiger partial charge in [-0.25, -0.2) is 19.9 Å². The van der Waals surface area contributed by atoms with Crippen LogP contribution in [0.15, 0.2) is 84.1 Å². The monoisotopic (exact) mass is 513 g/mol. The van der Waals surface area contributed by atoms with Gasteiger partial charge in [-0.2, -0.15) is 0 Å². The van der Waals surface area contributed by atoms with Crippen LogP contribution in [0.3, 0.4) is 0 Å². The summed E-state index contributed by atoms with van der Waals surface area (Å²) in [6.45, 7) is 3.08. The van der Waals surface area contributed by atoms with Gasteiger partial charge in [-0.15, -0.1) is 0 Å². The smallest absolute Gasteiger partial charge is 0.155 e. The Hall–Kier alpha value is -4.36. The number of hydrogen-bond donors (Lipinski definition) is 1. The van der Waals surface area contributed by atoms with Crippen LogP contribution in [0.1, 0.15) is 36.6 Å². The molecule has 2 N–H and O–H groups in total. The number of anilines is 1. The molecule has 1 fully saturated rings. The molecule has 3 aromatic carbocycles. The van der Waals surface area contributed by atoms with Gasteiger partial charge in [0.1, 0.15) is 0 Å². The van der Waals surface area contributed by atoms with Crippen molar-refractivity contribution in [2.45, 2.75) is 38.3 Å². The van der Waals surface area contributed by atoms with Gasteiger partial charge in [0.2, 0.25) is 0 Å².